The third kappa shape index (κ3) is 1.22. The van der Waals surface area contributed by atoms with E-state index < -0.39 is 11.4 Å². The maximum atomic E-state index is 13.9. The Morgan fingerprint density at radius 2 is 2.37 bits per heavy atom. The Morgan fingerprint density at radius 3 is 3.21 bits per heavy atom. The monoisotopic (exact) mass is 255 g/mol. The molecule has 0 saturated heterocycles. The molecule has 1 aromatic carbocycles. The standard InChI is InChI=1S/C14H10FN3O/c15-12-4-11-10(3-9(12)5-16)7-19-14(11)1-2-18-8-17-6-13(14)18/h3-4,6,8H,1-2,7H2. The molecule has 0 N–H and O–H groups in total. The van der Waals surface area contributed by atoms with Gasteiger partial charge in [0.25, 0.3) is 0 Å². The maximum Gasteiger partial charge on any atom is 0.141 e. The zero-order chi connectivity index (χ0) is 13.0. The second kappa shape index (κ2) is 3.43. The van der Waals surface area contributed by atoms with Gasteiger partial charge in [0.2, 0.25) is 0 Å². The number of hydrogen-bond donors (Lipinski definition) is 0. The lowest BCUT2D eigenvalue weighted by molar-refractivity contribution is -0.00395. The number of aromatic nitrogens is 2. The van der Waals surface area contributed by atoms with E-state index in [9.17, 15) is 4.39 Å². The predicted molar refractivity (Wildman–Crippen MR) is 63.5 cm³/mol. The van der Waals surface area contributed by atoms with Crippen LogP contribution < -0.4 is 0 Å². The Balaban J connectivity index is 1.95. The number of fused-ring (bicyclic) bond motifs is 4. The van der Waals surface area contributed by atoms with E-state index in [1.807, 2.05) is 10.6 Å². The van der Waals surface area contributed by atoms with Gasteiger partial charge < -0.3 is 9.30 Å². The van der Waals surface area contributed by atoms with E-state index >= 15 is 0 Å². The molecule has 0 saturated carbocycles. The topological polar surface area (TPSA) is 50.8 Å². The van der Waals surface area contributed by atoms with Crippen molar-refractivity contribution in [1.82, 2.24) is 9.55 Å². The Morgan fingerprint density at radius 1 is 1.47 bits per heavy atom. The molecule has 4 nitrogen and oxygen atoms in total. The number of rotatable bonds is 0. The van der Waals surface area contributed by atoms with Crippen molar-refractivity contribution in [1.29, 1.82) is 5.26 Å². The van der Waals surface area contributed by atoms with E-state index in [0.29, 0.717) is 6.61 Å². The van der Waals surface area contributed by atoms with Crippen molar-refractivity contribution in [2.24, 2.45) is 0 Å². The molecule has 1 atom stereocenters. The zero-order valence-corrected chi connectivity index (χ0v) is 10.1. The number of hydrogen-bond acceptors (Lipinski definition) is 3. The van der Waals surface area contributed by atoms with Gasteiger partial charge in [0.05, 0.1) is 30.4 Å². The van der Waals surface area contributed by atoms with Crippen LogP contribution in [-0.2, 0) is 23.5 Å². The molecule has 4 rings (SSSR count). The summed E-state index contributed by atoms with van der Waals surface area (Å²) < 4.78 is 21.9. The lowest BCUT2D eigenvalue weighted by Gasteiger charge is -2.23. The first-order valence-corrected chi connectivity index (χ1v) is 6.12. The Kier molecular flexibility index (Phi) is 1.93. The maximum absolute atomic E-state index is 13.9. The summed E-state index contributed by atoms with van der Waals surface area (Å²) in [5.41, 5.74) is 2.19. The number of nitrogens with zero attached hydrogens (tertiary/aromatic N) is 3. The second-order valence-electron chi connectivity index (χ2n) is 4.94. The fourth-order valence-electron chi connectivity index (χ4n) is 3.14. The fourth-order valence-corrected chi connectivity index (χ4v) is 3.14. The smallest absolute Gasteiger partial charge is 0.141 e. The first-order valence-electron chi connectivity index (χ1n) is 6.12. The SMILES string of the molecule is N#Cc1cc2c(cc1F)C1(CCn3cncc31)OC2. The third-order valence-corrected chi connectivity index (χ3v) is 4.05. The fraction of sp³-hybridized carbons (Fsp3) is 0.286. The number of halogens is 1. The van der Waals surface area contributed by atoms with E-state index in [0.717, 1.165) is 29.8 Å². The molecule has 0 aliphatic carbocycles. The second-order valence-corrected chi connectivity index (χ2v) is 4.94. The summed E-state index contributed by atoms with van der Waals surface area (Å²) in [7, 11) is 0. The van der Waals surface area contributed by atoms with E-state index in [1.54, 1.807) is 18.6 Å². The van der Waals surface area contributed by atoms with Crippen molar-refractivity contribution in [3.8, 4) is 6.07 Å². The molecule has 1 aromatic heterocycles. The highest BCUT2D eigenvalue weighted by molar-refractivity contribution is 5.48. The zero-order valence-electron chi connectivity index (χ0n) is 10.1. The van der Waals surface area contributed by atoms with Crippen molar-refractivity contribution >= 4 is 0 Å². The molecule has 1 spiro atoms. The van der Waals surface area contributed by atoms with E-state index in [1.165, 1.54) is 6.07 Å². The summed E-state index contributed by atoms with van der Waals surface area (Å²) in [5, 5.41) is 8.89. The molecule has 0 fully saturated rings. The van der Waals surface area contributed by atoms with Gasteiger partial charge in [-0.3, -0.25) is 0 Å². The van der Waals surface area contributed by atoms with Gasteiger partial charge in [-0.2, -0.15) is 5.26 Å². The third-order valence-electron chi connectivity index (χ3n) is 4.05. The number of nitriles is 1. The van der Waals surface area contributed by atoms with E-state index in [4.69, 9.17) is 10.00 Å². The van der Waals surface area contributed by atoms with Crippen LogP contribution in [0, 0.1) is 17.1 Å². The van der Waals surface area contributed by atoms with Crippen LogP contribution in [0.2, 0.25) is 0 Å². The van der Waals surface area contributed by atoms with Crippen molar-refractivity contribution in [3.63, 3.8) is 0 Å². The van der Waals surface area contributed by atoms with Gasteiger partial charge in [0, 0.05) is 13.0 Å². The molecule has 5 heteroatoms. The minimum atomic E-state index is -0.583. The molecule has 2 aliphatic heterocycles. The summed E-state index contributed by atoms with van der Waals surface area (Å²) in [6, 6.07) is 4.91. The minimum Gasteiger partial charge on any atom is -0.359 e. The summed E-state index contributed by atoms with van der Waals surface area (Å²) >= 11 is 0. The summed E-state index contributed by atoms with van der Waals surface area (Å²) in [6.07, 6.45) is 4.33. The van der Waals surface area contributed by atoms with Crippen LogP contribution in [0.25, 0.3) is 0 Å². The molecule has 2 aliphatic rings. The van der Waals surface area contributed by atoms with Gasteiger partial charge in [0.15, 0.2) is 0 Å². The molecule has 3 heterocycles. The lowest BCUT2D eigenvalue weighted by atomic mass is 9.88. The van der Waals surface area contributed by atoms with Crippen LogP contribution in [0.15, 0.2) is 24.7 Å². The van der Waals surface area contributed by atoms with Crippen LogP contribution in [0.4, 0.5) is 4.39 Å². The van der Waals surface area contributed by atoms with Gasteiger partial charge in [-0.15, -0.1) is 0 Å². The lowest BCUT2D eigenvalue weighted by Crippen LogP contribution is -2.23. The molecule has 2 aromatic rings. The minimum absolute atomic E-state index is 0.0749. The first-order chi connectivity index (χ1) is 9.24. The van der Waals surface area contributed by atoms with Crippen molar-refractivity contribution in [2.75, 3.05) is 0 Å². The summed E-state index contributed by atoms with van der Waals surface area (Å²) in [5.74, 6) is -0.482. The number of imidazole rings is 1. The highest BCUT2D eigenvalue weighted by Crippen LogP contribution is 2.48. The summed E-state index contributed by atoms with van der Waals surface area (Å²) in [4.78, 5) is 4.13. The Hall–Kier alpha value is -2.19. The predicted octanol–water partition coefficient (Wildman–Crippen LogP) is 2.07. The Labute approximate surface area is 109 Å². The molecule has 0 radical (unpaired) electrons. The van der Waals surface area contributed by atoms with Crippen LogP contribution in [0.5, 0.6) is 0 Å². The number of ether oxygens (including phenoxy) is 1. The highest BCUT2D eigenvalue weighted by atomic mass is 19.1. The van der Waals surface area contributed by atoms with Crippen LogP contribution in [0.1, 0.15) is 28.8 Å². The molecule has 94 valence electrons. The summed E-state index contributed by atoms with van der Waals surface area (Å²) in [6.45, 7) is 1.23. The van der Waals surface area contributed by atoms with Crippen LogP contribution in [0.3, 0.4) is 0 Å². The van der Waals surface area contributed by atoms with Gasteiger partial charge >= 0.3 is 0 Å². The molecule has 0 bridgehead atoms. The van der Waals surface area contributed by atoms with Gasteiger partial charge in [-0.05, 0) is 23.3 Å². The molecular formula is C14H10FN3O. The molecule has 1 unspecified atom stereocenters. The quantitative estimate of drug-likeness (QED) is 0.724. The van der Waals surface area contributed by atoms with Crippen molar-refractivity contribution < 1.29 is 9.13 Å². The van der Waals surface area contributed by atoms with Crippen LogP contribution in [-0.4, -0.2) is 9.55 Å². The average molecular weight is 255 g/mol. The molecule has 19 heavy (non-hydrogen) atoms. The Bertz CT molecular complexity index is 731. The van der Waals surface area contributed by atoms with E-state index in [-0.39, 0.29) is 5.56 Å². The number of aryl methyl sites for hydroxylation is 1. The molecule has 0 amide bonds. The van der Waals surface area contributed by atoms with Gasteiger partial charge in [-0.1, -0.05) is 0 Å². The van der Waals surface area contributed by atoms with Gasteiger partial charge in [-0.25, -0.2) is 9.37 Å². The first kappa shape index (κ1) is 10.7. The highest BCUT2D eigenvalue weighted by Gasteiger charge is 2.47. The normalized spacial score (nSPS) is 23.4. The van der Waals surface area contributed by atoms with Crippen molar-refractivity contribution in [3.05, 3.63) is 52.9 Å². The van der Waals surface area contributed by atoms with Crippen molar-refractivity contribution in [2.45, 2.75) is 25.2 Å². The largest absolute Gasteiger partial charge is 0.359 e. The average Bonchev–Trinajstić information content (AvgIpc) is 3.08. The van der Waals surface area contributed by atoms with Gasteiger partial charge in [0.1, 0.15) is 17.5 Å². The molecular weight excluding hydrogens is 245 g/mol. The van der Waals surface area contributed by atoms with E-state index in [2.05, 4.69) is 4.98 Å². The van der Waals surface area contributed by atoms with Crippen LogP contribution >= 0.6 is 0 Å². The number of benzene rings is 1.